The van der Waals surface area contributed by atoms with Crippen molar-refractivity contribution in [1.82, 2.24) is 4.90 Å². The molecule has 14 nitrogen and oxygen atoms in total. The second-order valence-corrected chi connectivity index (χ2v) is 12.2. The first-order valence-corrected chi connectivity index (χ1v) is 15.1. The lowest BCUT2D eigenvalue weighted by molar-refractivity contribution is -0.186. The van der Waals surface area contributed by atoms with Crippen molar-refractivity contribution < 1.29 is 63.3 Å². The molecular formula is C33H35NO13. The van der Waals surface area contributed by atoms with Gasteiger partial charge in [-0.2, -0.15) is 0 Å². The van der Waals surface area contributed by atoms with E-state index in [0.29, 0.717) is 30.9 Å². The van der Waals surface area contributed by atoms with Gasteiger partial charge in [-0.25, -0.2) is 19.2 Å². The number of carboxylic acids is 1. The number of nitrogens with zero attached hydrogens (tertiary/aromatic N) is 1. The van der Waals surface area contributed by atoms with Gasteiger partial charge in [0.05, 0.1) is 18.1 Å². The fourth-order valence-corrected chi connectivity index (χ4v) is 7.41. The molecule has 1 fully saturated rings. The summed E-state index contributed by atoms with van der Waals surface area (Å²) in [5.41, 5.74) is -0.358. The molecule has 0 amide bonds. The van der Waals surface area contributed by atoms with Crippen LogP contribution in [-0.2, 0) is 45.2 Å². The summed E-state index contributed by atoms with van der Waals surface area (Å²) in [6, 6.07) is 11.1. The number of carbonyl (C=O) groups excluding carboxylic acids is 3. The minimum atomic E-state index is -2.47. The summed E-state index contributed by atoms with van der Waals surface area (Å²) in [5.74, 6) is -4.80. The van der Waals surface area contributed by atoms with E-state index in [-0.39, 0.29) is 23.8 Å². The van der Waals surface area contributed by atoms with E-state index < -0.39 is 65.4 Å². The Labute approximate surface area is 269 Å². The molecule has 250 valence electrons. The van der Waals surface area contributed by atoms with Crippen molar-refractivity contribution in [1.29, 1.82) is 0 Å². The summed E-state index contributed by atoms with van der Waals surface area (Å²) in [5, 5.41) is 42.9. The number of likely N-dealkylation sites (N-methyl/N-ethyl adjacent to an activating group) is 1. The quantitative estimate of drug-likeness (QED) is 0.205. The molecule has 1 spiro atoms. The number of likely N-dealkylation sites (tertiary alicyclic amines) is 1. The normalized spacial score (nSPS) is 27.9. The first-order valence-electron chi connectivity index (χ1n) is 15.1. The van der Waals surface area contributed by atoms with Crippen LogP contribution in [0.15, 0.2) is 54.3 Å². The molecule has 4 aliphatic rings. The molecule has 8 atom stereocenters. The van der Waals surface area contributed by atoms with Gasteiger partial charge in [0, 0.05) is 23.6 Å². The Balaban J connectivity index is 1.16. The lowest BCUT2D eigenvalue weighted by Gasteiger charge is -2.61. The first-order chi connectivity index (χ1) is 22.3. The fourth-order valence-electron chi connectivity index (χ4n) is 7.41. The van der Waals surface area contributed by atoms with Crippen molar-refractivity contribution in [2.75, 3.05) is 20.7 Å². The average molecular weight is 654 g/mol. The molecule has 2 aromatic rings. The summed E-state index contributed by atoms with van der Waals surface area (Å²) >= 11 is 0. The standard InChI is InChI=1S/C33H35NO13/c1-16(29(39)47-25(28(37)38)17-7-5-4-6-8-17)44-30(40)23(35)24(36)31(41)45-20-11-12-33(42)21-15-18-9-10-19(43-3)26-22(18)32(33,27(20)46-26)13-14-34(21)2/h4-11,16,21,23-25,27,35-36,42H,12-15H2,1-3H3,(H,37,38)/t16-,21-,23+,24+,25-,27-,32-,33+/m0/s1. The van der Waals surface area contributed by atoms with E-state index in [1.54, 1.807) is 24.3 Å². The Kier molecular flexibility index (Phi) is 8.24. The summed E-state index contributed by atoms with van der Waals surface area (Å²) in [6.07, 6.45) is -6.65. The number of hydrogen-bond acceptors (Lipinski definition) is 13. The minimum absolute atomic E-state index is 0.00808. The number of carboxylic acid groups (broad SMARTS) is 1. The van der Waals surface area contributed by atoms with Crippen LogP contribution in [0.4, 0.5) is 0 Å². The monoisotopic (exact) mass is 653 g/mol. The van der Waals surface area contributed by atoms with Gasteiger partial charge in [0.25, 0.3) is 0 Å². The molecule has 2 bridgehead atoms. The van der Waals surface area contributed by atoms with Gasteiger partial charge in [-0.3, -0.25) is 0 Å². The zero-order valence-corrected chi connectivity index (χ0v) is 25.8. The van der Waals surface area contributed by atoms with Crippen LogP contribution in [0.5, 0.6) is 11.5 Å². The molecule has 0 radical (unpaired) electrons. The zero-order chi connectivity index (χ0) is 33.8. The van der Waals surface area contributed by atoms with E-state index in [1.807, 2.05) is 13.1 Å². The second-order valence-electron chi connectivity index (χ2n) is 12.2. The smallest absolute Gasteiger partial charge is 0.349 e. The summed E-state index contributed by atoms with van der Waals surface area (Å²) in [4.78, 5) is 52.1. The van der Waals surface area contributed by atoms with Gasteiger partial charge in [0.1, 0.15) is 5.76 Å². The van der Waals surface area contributed by atoms with Gasteiger partial charge < -0.3 is 49.0 Å². The Morgan fingerprint density at radius 2 is 1.70 bits per heavy atom. The third kappa shape index (κ3) is 5.03. The van der Waals surface area contributed by atoms with Crippen LogP contribution in [0.2, 0.25) is 0 Å². The van der Waals surface area contributed by atoms with Crippen LogP contribution in [0, 0.1) is 0 Å². The van der Waals surface area contributed by atoms with Crippen molar-refractivity contribution >= 4 is 23.9 Å². The van der Waals surface area contributed by atoms with Gasteiger partial charge in [0.2, 0.25) is 6.10 Å². The molecule has 2 aliphatic heterocycles. The van der Waals surface area contributed by atoms with Crippen molar-refractivity contribution in [3.05, 3.63) is 71.0 Å². The predicted octanol–water partition coefficient (Wildman–Crippen LogP) is 0.539. The van der Waals surface area contributed by atoms with Crippen LogP contribution in [0.3, 0.4) is 0 Å². The first kappa shape index (κ1) is 32.4. The highest BCUT2D eigenvalue weighted by Crippen LogP contribution is 2.65. The Morgan fingerprint density at radius 1 is 1.00 bits per heavy atom. The predicted molar refractivity (Wildman–Crippen MR) is 158 cm³/mol. The number of aliphatic carboxylic acids is 1. The molecule has 6 rings (SSSR count). The third-order valence-electron chi connectivity index (χ3n) is 9.74. The van der Waals surface area contributed by atoms with Crippen LogP contribution >= 0.6 is 0 Å². The Hall–Kier alpha value is -4.50. The maximum absolute atomic E-state index is 13.1. The molecule has 0 unspecified atom stereocenters. The molecule has 47 heavy (non-hydrogen) atoms. The molecular weight excluding hydrogens is 618 g/mol. The summed E-state index contributed by atoms with van der Waals surface area (Å²) in [7, 11) is 3.44. The number of benzene rings is 2. The highest BCUT2D eigenvalue weighted by atomic mass is 16.6. The summed E-state index contributed by atoms with van der Waals surface area (Å²) in [6.45, 7) is 1.70. The van der Waals surface area contributed by atoms with Gasteiger partial charge in [0.15, 0.2) is 35.9 Å². The maximum atomic E-state index is 13.1. The number of aliphatic hydroxyl groups is 3. The van der Waals surface area contributed by atoms with Gasteiger partial charge in [-0.15, -0.1) is 0 Å². The van der Waals surface area contributed by atoms with Crippen molar-refractivity contribution in [2.24, 2.45) is 0 Å². The van der Waals surface area contributed by atoms with Crippen LogP contribution in [0.1, 0.15) is 42.6 Å². The molecule has 4 N–H and O–H groups in total. The van der Waals surface area contributed by atoms with Crippen LogP contribution in [0.25, 0.3) is 0 Å². The van der Waals surface area contributed by atoms with E-state index in [4.69, 9.17) is 23.7 Å². The largest absolute Gasteiger partial charge is 0.493 e. The fraction of sp³-hybridized carbons (Fsp3) is 0.455. The maximum Gasteiger partial charge on any atom is 0.349 e. The lowest BCUT2D eigenvalue weighted by Crippen LogP contribution is -2.74. The van der Waals surface area contributed by atoms with Crippen LogP contribution < -0.4 is 9.47 Å². The SMILES string of the molecule is COc1ccc2c3c1O[C@H]1C(OC(=O)[C@H](O)[C@@H](O)C(=O)O[C@@H](C)C(=O)O[C@H](C(=O)O)c4ccccc4)=CC[C@@]4(O)[C@H](C2)N(C)CC[C@]314. The number of methoxy groups -OCH3 is 1. The number of ether oxygens (including phenoxy) is 5. The Morgan fingerprint density at radius 3 is 2.38 bits per heavy atom. The summed E-state index contributed by atoms with van der Waals surface area (Å²) < 4.78 is 27.4. The van der Waals surface area contributed by atoms with E-state index in [0.717, 1.165) is 18.1 Å². The Bertz CT molecular complexity index is 1640. The molecule has 0 saturated carbocycles. The van der Waals surface area contributed by atoms with Gasteiger partial charge in [-0.05, 0) is 51.1 Å². The van der Waals surface area contributed by atoms with Crippen LogP contribution in [-0.4, -0.2) is 106 Å². The lowest BCUT2D eigenvalue weighted by atomic mass is 9.50. The van der Waals surface area contributed by atoms with E-state index >= 15 is 0 Å². The second kappa shape index (κ2) is 11.9. The number of hydrogen-bond donors (Lipinski definition) is 4. The number of aliphatic hydroxyl groups excluding tert-OH is 2. The average Bonchev–Trinajstić information content (AvgIpc) is 3.41. The van der Waals surface area contributed by atoms with Crippen molar-refractivity contribution in [3.63, 3.8) is 0 Å². The molecule has 2 aliphatic carbocycles. The highest BCUT2D eigenvalue weighted by Gasteiger charge is 2.72. The van der Waals surface area contributed by atoms with E-state index in [2.05, 4.69) is 4.90 Å². The van der Waals surface area contributed by atoms with Gasteiger partial charge >= 0.3 is 23.9 Å². The molecule has 0 aromatic heterocycles. The zero-order valence-electron chi connectivity index (χ0n) is 25.8. The topological polar surface area (TPSA) is 199 Å². The molecule has 2 aromatic carbocycles. The number of piperidine rings is 1. The molecule has 2 heterocycles. The highest BCUT2D eigenvalue weighted by molar-refractivity contribution is 5.88. The molecule has 14 heteroatoms. The van der Waals surface area contributed by atoms with Gasteiger partial charge in [-0.1, -0.05) is 36.4 Å². The van der Waals surface area contributed by atoms with E-state index in [1.165, 1.54) is 25.3 Å². The number of esters is 3. The van der Waals surface area contributed by atoms with Crippen molar-refractivity contribution in [3.8, 4) is 11.5 Å². The van der Waals surface area contributed by atoms with E-state index in [9.17, 15) is 39.6 Å². The van der Waals surface area contributed by atoms with Crippen molar-refractivity contribution in [2.45, 2.75) is 73.8 Å². The number of carbonyl (C=O) groups is 4. The molecule has 1 saturated heterocycles. The number of rotatable bonds is 10. The third-order valence-corrected chi connectivity index (χ3v) is 9.74. The minimum Gasteiger partial charge on any atom is -0.493 e.